The van der Waals surface area contributed by atoms with Gasteiger partial charge in [0, 0.05) is 12.5 Å². The summed E-state index contributed by atoms with van der Waals surface area (Å²) in [4.78, 5) is 11.3. The van der Waals surface area contributed by atoms with Crippen molar-refractivity contribution in [3.8, 4) is 11.5 Å². The van der Waals surface area contributed by atoms with Gasteiger partial charge in [0.1, 0.15) is 0 Å². The van der Waals surface area contributed by atoms with Crippen LogP contribution in [0.3, 0.4) is 0 Å². The first-order valence-electron chi connectivity index (χ1n) is 7.03. The molecule has 6 nitrogen and oxygen atoms in total. The van der Waals surface area contributed by atoms with Crippen LogP contribution in [0.2, 0.25) is 0 Å². The summed E-state index contributed by atoms with van der Waals surface area (Å²) >= 11 is 0. The summed E-state index contributed by atoms with van der Waals surface area (Å²) in [6.07, 6.45) is 0.0235. The van der Waals surface area contributed by atoms with Crippen molar-refractivity contribution in [3.63, 3.8) is 0 Å². The van der Waals surface area contributed by atoms with Crippen LogP contribution >= 0.6 is 0 Å². The summed E-state index contributed by atoms with van der Waals surface area (Å²) in [6, 6.07) is 5.13. The maximum absolute atomic E-state index is 11.3. The van der Waals surface area contributed by atoms with Gasteiger partial charge in [0.15, 0.2) is 11.5 Å². The van der Waals surface area contributed by atoms with Crippen LogP contribution in [0.4, 0.5) is 0 Å². The zero-order valence-corrected chi connectivity index (χ0v) is 12.3. The SMILES string of the molecule is CCNC(CCC(=O)OC)C(O)c1ccc2c(c1)OCO2. The van der Waals surface area contributed by atoms with E-state index in [-0.39, 0.29) is 25.2 Å². The molecule has 21 heavy (non-hydrogen) atoms. The lowest BCUT2D eigenvalue weighted by atomic mass is 9.98. The van der Waals surface area contributed by atoms with Crippen molar-refractivity contribution in [2.45, 2.75) is 31.9 Å². The average Bonchev–Trinajstić information content (AvgIpc) is 2.97. The van der Waals surface area contributed by atoms with E-state index in [0.717, 1.165) is 5.56 Å². The standard InChI is InChI=1S/C15H21NO5/c1-3-16-11(5-7-14(17)19-2)15(18)10-4-6-12-13(8-10)21-9-20-12/h4,6,8,11,15-16,18H,3,5,7,9H2,1-2H3. The lowest BCUT2D eigenvalue weighted by Gasteiger charge is -2.24. The molecule has 2 N–H and O–H groups in total. The van der Waals surface area contributed by atoms with Crippen LogP contribution in [-0.2, 0) is 9.53 Å². The minimum Gasteiger partial charge on any atom is -0.469 e. The fraction of sp³-hybridized carbons (Fsp3) is 0.533. The molecular formula is C15H21NO5. The van der Waals surface area contributed by atoms with Crippen LogP contribution in [0.5, 0.6) is 11.5 Å². The Kier molecular flexibility index (Phi) is 5.41. The molecule has 0 saturated heterocycles. The average molecular weight is 295 g/mol. The molecule has 2 atom stereocenters. The number of rotatable bonds is 7. The summed E-state index contributed by atoms with van der Waals surface area (Å²) in [7, 11) is 1.36. The predicted octanol–water partition coefficient (Wildman–Crippen LogP) is 1.38. The Labute approximate surface area is 124 Å². The maximum atomic E-state index is 11.3. The third-order valence-corrected chi connectivity index (χ3v) is 3.47. The molecule has 116 valence electrons. The molecule has 1 heterocycles. The molecule has 0 amide bonds. The van der Waals surface area contributed by atoms with Gasteiger partial charge in [0.25, 0.3) is 0 Å². The van der Waals surface area contributed by atoms with Gasteiger partial charge in [-0.05, 0) is 30.7 Å². The van der Waals surface area contributed by atoms with Crippen molar-refractivity contribution < 1.29 is 24.1 Å². The molecule has 1 aromatic rings. The molecular weight excluding hydrogens is 274 g/mol. The Morgan fingerprint density at radius 2 is 2.19 bits per heavy atom. The van der Waals surface area contributed by atoms with Gasteiger partial charge in [0.2, 0.25) is 6.79 Å². The number of aliphatic hydroxyl groups is 1. The molecule has 0 saturated carbocycles. The van der Waals surface area contributed by atoms with E-state index < -0.39 is 6.10 Å². The summed E-state index contributed by atoms with van der Waals surface area (Å²) in [5.41, 5.74) is 0.732. The summed E-state index contributed by atoms with van der Waals surface area (Å²) in [5.74, 6) is 1.03. The van der Waals surface area contributed by atoms with Gasteiger partial charge in [-0.25, -0.2) is 0 Å². The minimum atomic E-state index is -0.732. The van der Waals surface area contributed by atoms with Gasteiger partial charge in [-0.2, -0.15) is 0 Å². The van der Waals surface area contributed by atoms with Crippen molar-refractivity contribution in [2.24, 2.45) is 0 Å². The molecule has 1 aliphatic heterocycles. The third kappa shape index (κ3) is 3.86. The lowest BCUT2D eigenvalue weighted by Crippen LogP contribution is -2.35. The number of esters is 1. The molecule has 6 heteroatoms. The summed E-state index contributed by atoms with van der Waals surface area (Å²) in [5, 5.41) is 13.7. The van der Waals surface area contributed by atoms with Gasteiger partial charge < -0.3 is 24.6 Å². The number of carbonyl (C=O) groups is 1. The first-order valence-corrected chi connectivity index (χ1v) is 7.03. The Bertz CT molecular complexity index is 491. The van der Waals surface area contributed by atoms with Crippen LogP contribution in [0.1, 0.15) is 31.4 Å². The van der Waals surface area contributed by atoms with E-state index in [0.29, 0.717) is 24.5 Å². The third-order valence-electron chi connectivity index (χ3n) is 3.47. The zero-order chi connectivity index (χ0) is 15.2. The van der Waals surface area contributed by atoms with Crippen LogP contribution in [-0.4, -0.2) is 37.6 Å². The van der Waals surface area contributed by atoms with E-state index in [2.05, 4.69) is 10.1 Å². The first-order chi connectivity index (χ1) is 10.2. The van der Waals surface area contributed by atoms with Crippen molar-refractivity contribution >= 4 is 5.97 Å². The number of ether oxygens (including phenoxy) is 3. The number of fused-ring (bicyclic) bond motifs is 1. The number of carbonyl (C=O) groups excluding carboxylic acids is 1. The van der Waals surface area contributed by atoms with Crippen LogP contribution in [0, 0.1) is 0 Å². The maximum Gasteiger partial charge on any atom is 0.305 e. The molecule has 1 aliphatic rings. The zero-order valence-electron chi connectivity index (χ0n) is 12.3. The number of methoxy groups -OCH3 is 1. The molecule has 0 aromatic heterocycles. The number of hydrogen-bond acceptors (Lipinski definition) is 6. The molecule has 2 rings (SSSR count). The number of hydrogen-bond donors (Lipinski definition) is 2. The Balaban J connectivity index is 2.06. The fourth-order valence-electron chi connectivity index (χ4n) is 2.34. The molecule has 0 radical (unpaired) electrons. The highest BCUT2D eigenvalue weighted by molar-refractivity contribution is 5.69. The monoisotopic (exact) mass is 295 g/mol. The normalized spacial score (nSPS) is 15.6. The van der Waals surface area contributed by atoms with Gasteiger partial charge in [-0.15, -0.1) is 0 Å². The molecule has 0 bridgehead atoms. The van der Waals surface area contributed by atoms with Crippen LogP contribution < -0.4 is 14.8 Å². The second-order valence-corrected chi connectivity index (χ2v) is 4.84. The second-order valence-electron chi connectivity index (χ2n) is 4.84. The Morgan fingerprint density at radius 1 is 1.43 bits per heavy atom. The van der Waals surface area contributed by atoms with Gasteiger partial charge in [-0.3, -0.25) is 4.79 Å². The van der Waals surface area contributed by atoms with E-state index in [1.165, 1.54) is 7.11 Å². The highest BCUT2D eigenvalue weighted by atomic mass is 16.7. The fourth-order valence-corrected chi connectivity index (χ4v) is 2.34. The number of nitrogens with one attached hydrogen (secondary N) is 1. The van der Waals surface area contributed by atoms with E-state index in [1.807, 2.05) is 6.92 Å². The summed E-state index contributed by atoms with van der Waals surface area (Å²) in [6.45, 7) is 2.86. The smallest absolute Gasteiger partial charge is 0.305 e. The van der Waals surface area contributed by atoms with Crippen molar-refractivity contribution in [3.05, 3.63) is 23.8 Å². The largest absolute Gasteiger partial charge is 0.469 e. The molecule has 2 unspecified atom stereocenters. The topological polar surface area (TPSA) is 77.0 Å². The predicted molar refractivity (Wildman–Crippen MR) is 76.2 cm³/mol. The van der Waals surface area contributed by atoms with Gasteiger partial charge in [0.05, 0.1) is 13.2 Å². The molecule has 0 aliphatic carbocycles. The first kappa shape index (κ1) is 15.6. The van der Waals surface area contributed by atoms with E-state index in [4.69, 9.17) is 9.47 Å². The number of benzene rings is 1. The number of likely N-dealkylation sites (N-methyl/N-ethyl adjacent to an activating group) is 1. The Morgan fingerprint density at radius 3 is 2.90 bits per heavy atom. The van der Waals surface area contributed by atoms with Crippen molar-refractivity contribution in [1.29, 1.82) is 0 Å². The van der Waals surface area contributed by atoms with Gasteiger partial charge in [-0.1, -0.05) is 13.0 Å². The second kappa shape index (κ2) is 7.28. The van der Waals surface area contributed by atoms with Crippen molar-refractivity contribution in [1.82, 2.24) is 5.32 Å². The van der Waals surface area contributed by atoms with E-state index in [9.17, 15) is 9.90 Å². The van der Waals surface area contributed by atoms with E-state index in [1.54, 1.807) is 18.2 Å². The minimum absolute atomic E-state index is 0.202. The molecule has 0 fully saturated rings. The Hall–Kier alpha value is -1.79. The van der Waals surface area contributed by atoms with Crippen LogP contribution in [0.25, 0.3) is 0 Å². The van der Waals surface area contributed by atoms with Crippen LogP contribution in [0.15, 0.2) is 18.2 Å². The quantitative estimate of drug-likeness (QED) is 0.740. The van der Waals surface area contributed by atoms with Crippen molar-refractivity contribution in [2.75, 3.05) is 20.4 Å². The summed E-state index contributed by atoms with van der Waals surface area (Å²) < 4.78 is 15.2. The molecule has 1 aromatic carbocycles. The van der Waals surface area contributed by atoms with Gasteiger partial charge >= 0.3 is 5.97 Å². The number of aliphatic hydroxyl groups excluding tert-OH is 1. The molecule has 0 spiro atoms. The van der Waals surface area contributed by atoms with E-state index >= 15 is 0 Å². The highest BCUT2D eigenvalue weighted by Gasteiger charge is 2.23. The lowest BCUT2D eigenvalue weighted by molar-refractivity contribution is -0.141. The highest BCUT2D eigenvalue weighted by Crippen LogP contribution is 2.35.